The van der Waals surface area contributed by atoms with Crippen molar-refractivity contribution in [3.63, 3.8) is 0 Å². The highest BCUT2D eigenvalue weighted by molar-refractivity contribution is 6.46. The molecule has 1 fully saturated rings. The van der Waals surface area contributed by atoms with Crippen LogP contribution in [-0.2, 0) is 16.1 Å². The molecule has 188 valence electrons. The van der Waals surface area contributed by atoms with Crippen molar-refractivity contribution in [1.82, 2.24) is 19.3 Å². The second kappa shape index (κ2) is 9.77. The number of fused-ring (bicyclic) bond motifs is 1. The molecule has 0 aliphatic carbocycles. The number of hydrogen-bond donors (Lipinski definition) is 1. The Labute approximate surface area is 213 Å². The lowest BCUT2D eigenvalue weighted by Crippen LogP contribution is -2.29. The summed E-state index contributed by atoms with van der Waals surface area (Å²) in [4.78, 5) is 37.0. The zero-order chi connectivity index (χ0) is 26.1. The van der Waals surface area contributed by atoms with Gasteiger partial charge in [0.1, 0.15) is 11.3 Å². The van der Waals surface area contributed by atoms with E-state index >= 15 is 0 Å². The van der Waals surface area contributed by atoms with Gasteiger partial charge in [-0.25, -0.2) is 4.98 Å². The molecule has 3 aromatic heterocycles. The van der Waals surface area contributed by atoms with Gasteiger partial charge in [0.15, 0.2) is 17.3 Å². The van der Waals surface area contributed by atoms with Crippen LogP contribution >= 0.6 is 0 Å². The van der Waals surface area contributed by atoms with Gasteiger partial charge in [-0.2, -0.15) is 0 Å². The van der Waals surface area contributed by atoms with Gasteiger partial charge >= 0.3 is 0 Å². The maximum atomic E-state index is 13.5. The summed E-state index contributed by atoms with van der Waals surface area (Å²) in [5.41, 5.74) is 2.83. The monoisotopic (exact) mass is 498 g/mol. The van der Waals surface area contributed by atoms with Crippen molar-refractivity contribution in [3.8, 4) is 11.5 Å². The van der Waals surface area contributed by atoms with E-state index in [1.165, 1.54) is 12.0 Å². The average molecular weight is 499 g/mol. The largest absolute Gasteiger partial charge is 0.505 e. The first kappa shape index (κ1) is 24.1. The summed E-state index contributed by atoms with van der Waals surface area (Å²) in [7, 11) is 1.52. The number of ether oxygens (including phenoxy) is 2. The number of nitrogens with zero attached hydrogens (tertiary/aromatic N) is 4. The molecule has 1 amide bonds. The van der Waals surface area contributed by atoms with E-state index in [9.17, 15) is 14.7 Å². The fraction of sp³-hybridized carbons (Fsp3) is 0.214. The van der Waals surface area contributed by atoms with Crippen molar-refractivity contribution in [3.05, 3.63) is 95.2 Å². The molecule has 1 N–H and O–H groups in total. The van der Waals surface area contributed by atoms with Crippen LogP contribution in [0, 0.1) is 6.92 Å². The number of carbonyl (C=O) groups is 2. The van der Waals surface area contributed by atoms with Crippen LogP contribution in [0.1, 0.15) is 35.5 Å². The molecular weight excluding hydrogens is 472 g/mol. The Kier molecular flexibility index (Phi) is 6.35. The molecule has 1 atom stereocenters. The quantitative estimate of drug-likeness (QED) is 0.233. The number of amides is 1. The molecule has 0 bridgehead atoms. The molecule has 37 heavy (non-hydrogen) atoms. The summed E-state index contributed by atoms with van der Waals surface area (Å²) in [6, 6.07) is 13.4. The molecule has 1 saturated heterocycles. The number of aliphatic hydroxyl groups excluding tert-OH is 1. The average Bonchev–Trinajstić information content (AvgIpc) is 3.37. The van der Waals surface area contributed by atoms with Crippen LogP contribution in [0.4, 0.5) is 0 Å². The highest BCUT2D eigenvalue weighted by Crippen LogP contribution is 2.43. The lowest BCUT2D eigenvalue weighted by molar-refractivity contribution is -0.140. The lowest BCUT2D eigenvalue weighted by atomic mass is 9.95. The second-order valence-corrected chi connectivity index (χ2v) is 8.61. The Morgan fingerprint density at radius 2 is 1.95 bits per heavy atom. The molecule has 1 aliphatic rings. The van der Waals surface area contributed by atoms with E-state index < -0.39 is 17.7 Å². The number of hydrogen-bond acceptors (Lipinski definition) is 7. The first-order valence-corrected chi connectivity index (χ1v) is 11.9. The van der Waals surface area contributed by atoms with Gasteiger partial charge in [0, 0.05) is 25.1 Å². The molecule has 9 nitrogen and oxygen atoms in total. The van der Waals surface area contributed by atoms with Gasteiger partial charge in [0.2, 0.25) is 0 Å². The predicted octanol–water partition coefficient (Wildman–Crippen LogP) is 4.07. The molecule has 0 spiro atoms. The van der Waals surface area contributed by atoms with Gasteiger partial charge in [-0.3, -0.25) is 19.0 Å². The number of aryl methyl sites for hydroxylation is 1. The number of carbonyl (C=O) groups excluding carboxylic acids is 2. The molecule has 4 heterocycles. The summed E-state index contributed by atoms with van der Waals surface area (Å²) in [5.74, 6) is -0.784. The summed E-state index contributed by atoms with van der Waals surface area (Å²) in [6.07, 6.45) is 5.04. The van der Waals surface area contributed by atoms with E-state index in [0.29, 0.717) is 40.7 Å². The Morgan fingerprint density at radius 3 is 2.68 bits per heavy atom. The van der Waals surface area contributed by atoms with Gasteiger partial charge in [0.05, 0.1) is 31.0 Å². The second-order valence-electron chi connectivity index (χ2n) is 8.61. The minimum absolute atomic E-state index is 0.0196. The third-order valence-electron chi connectivity index (χ3n) is 6.35. The van der Waals surface area contributed by atoms with Gasteiger partial charge < -0.3 is 19.5 Å². The Bertz CT molecular complexity index is 1530. The fourth-order valence-electron chi connectivity index (χ4n) is 4.73. The van der Waals surface area contributed by atoms with E-state index in [1.807, 2.05) is 19.1 Å². The van der Waals surface area contributed by atoms with Crippen LogP contribution < -0.4 is 9.47 Å². The number of ketones is 1. The van der Waals surface area contributed by atoms with Crippen LogP contribution in [0.3, 0.4) is 0 Å². The molecule has 1 unspecified atom stereocenters. The number of aliphatic hydroxyl groups is 1. The number of imidazole rings is 1. The number of pyridine rings is 2. The molecule has 0 saturated carbocycles. The summed E-state index contributed by atoms with van der Waals surface area (Å²) in [6.45, 7) is 4.20. The van der Waals surface area contributed by atoms with E-state index in [-0.39, 0.29) is 17.9 Å². The van der Waals surface area contributed by atoms with Crippen LogP contribution in [0.25, 0.3) is 11.4 Å². The summed E-state index contributed by atoms with van der Waals surface area (Å²) >= 11 is 0. The molecule has 4 aromatic rings. The van der Waals surface area contributed by atoms with Crippen molar-refractivity contribution in [1.29, 1.82) is 0 Å². The van der Waals surface area contributed by atoms with Gasteiger partial charge in [-0.15, -0.1) is 0 Å². The number of methoxy groups -OCH3 is 1. The molecule has 0 radical (unpaired) electrons. The van der Waals surface area contributed by atoms with E-state index in [2.05, 4.69) is 9.97 Å². The van der Waals surface area contributed by atoms with Gasteiger partial charge in [-0.05, 0) is 55.3 Å². The normalized spacial score (nSPS) is 16.9. The number of rotatable bonds is 7. The van der Waals surface area contributed by atoms with Gasteiger partial charge in [0.25, 0.3) is 11.7 Å². The number of Topliss-reactive ketones (excluding diaryl/α,β-unsaturated/α-hetero) is 1. The smallest absolute Gasteiger partial charge is 0.295 e. The zero-order valence-electron chi connectivity index (χ0n) is 20.7. The first-order chi connectivity index (χ1) is 17.9. The maximum absolute atomic E-state index is 13.5. The van der Waals surface area contributed by atoms with Crippen LogP contribution in [0.5, 0.6) is 11.5 Å². The van der Waals surface area contributed by atoms with Crippen LogP contribution in [-0.4, -0.2) is 49.8 Å². The van der Waals surface area contributed by atoms with Crippen molar-refractivity contribution in [2.45, 2.75) is 26.4 Å². The summed E-state index contributed by atoms with van der Waals surface area (Å²) < 4.78 is 12.9. The highest BCUT2D eigenvalue weighted by Gasteiger charge is 2.46. The number of likely N-dealkylation sites (tertiary alicyclic amines) is 1. The third kappa shape index (κ3) is 4.18. The van der Waals surface area contributed by atoms with E-state index in [1.54, 1.807) is 66.3 Å². The Hall–Kier alpha value is -4.66. The minimum Gasteiger partial charge on any atom is -0.505 e. The van der Waals surface area contributed by atoms with E-state index in [4.69, 9.17) is 9.47 Å². The van der Waals surface area contributed by atoms with Crippen molar-refractivity contribution in [2.24, 2.45) is 0 Å². The molecular formula is C28H26N4O5. The topological polar surface area (TPSA) is 106 Å². The first-order valence-electron chi connectivity index (χ1n) is 11.9. The summed E-state index contributed by atoms with van der Waals surface area (Å²) in [5, 5.41) is 11.6. The van der Waals surface area contributed by atoms with Crippen molar-refractivity contribution >= 4 is 23.1 Å². The molecule has 9 heteroatoms. The van der Waals surface area contributed by atoms with Crippen LogP contribution in [0.15, 0.2) is 72.7 Å². The number of benzene rings is 1. The minimum atomic E-state index is -0.876. The van der Waals surface area contributed by atoms with Crippen molar-refractivity contribution in [2.75, 3.05) is 13.7 Å². The molecule has 1 aromatic carbocycles. The van der Waals surface area contributed by atoms with Gasteiger partial charge in [-0.1, -0.05) is 18.2 Å². The molecule has 1 aliphatic heterocycles. The Morgan fingerprint density at radius 1 is 1.11 bits per heavy atom. The third-order valence-corrected chi connectivity index (χ3v) is 6.35. The standard InChI is InChI=1S/C28H26N4O5/c1-4-37-20-11-10-19(14-21(20)36-3)25-23(26(33)24-17(2)30-22-9-5-6-13-31(22)24)27(34)28(35)32(25)16-18-8-7-12-29-15-18/h5-15,25,33H,4,16H2,1-3H3. The zero-order valence-corrected chi connectivity index (χ0v) is 20.7. The van der Waals surface area contributed by atoms with E-state index in [0.717, 1.165) is 5.56 Å². The lowest BCUT2D eigenvalue weighted by Gasteiger charge is -2.26. The predicted molar refractivity (Wildman–Crippen MR) is 136 cm³/mol. The Balaban J connectivity index is 1.72. The van der Waals surface area contributed by atoms with Crippen molar-refractivity contribution < 1.29 is 24.2 Å². The van der Waals surface area contributed by atoms with Crippen LogP contribution in [0.2, 0.25) is 0 Å². The fourth-order valence-corrected chi connectivity index (χ4v) is 4.73. The number of aromatic nitrogens is 3. The SMILES string of the molecule is CCOc1ccc(C2C(=C(O)c3c(C)nc4ccccn34)C(=O)C(=O)N2Cc2cccnc2)cc1OC. The molecule has 5 rings (SSSR count). The maximum Gasteiger partial charge on any atom is 0.295 e. The highest BCUT2D eigenvalue weighted by atomic mass is 16.5.